The van der Waals surface area contributed by atoms with Crippen molar-refractivity contribution in [1.82, 2.24) is 4.98 Å². The van der Waals surface area contributed by atoms with Crippen molar-refractivity contribution >= 4 is 0 Å². The number of azide groups is 1. The van der Waals surface area contributed by atoms with Gasteiger partial charge in [-0.05, 0) is 42.8 Å². The molecule has 0 spiro atoms. The Bertz CT molecular complexity index is 423. The van der Waals surface area contributed by atoms with Crippen molar-refractivity contribution in [3.63, 3.8) is 0 Å². The molecule has 0 N–H and O–H groups in total. The van der Waals surface area contributed by atoms with Crippen LogP contribution in [0.4, 0.5) is 0 Å². The summed E-state index contributed by atoms with van der Waals surface area (Å²) < 4.78 is 0. The Morgan fingerprint density at radius 2 is 2.35 bits per heavy atom. The molecule has 17 heavy (non-hydrogen) atoms. The monoisotopic (exact) mass is 230 g/mol. The standard InChI is InChI=1S/C13H18N4/c1-2-10-6-7-11(8-10)13-5-3-4-12(16-13)9-15-17-14/h3-5,10-11H,2,6-9H2,1H3. The lowest BCUT2D eigenvalue weighted by Gasteiger charge is -2.10. The van der Waals surface area contributed by atoms with Crippen LogP contribution in [0.25, 0.3) is 10.4 Å². The molecule has 0 aromatic carbocycles. The summed E-state index contributed by atoms with van der Waals surface area (Å²) in [6, 6.07) is 6.04. The molecule has 2 rings (SSSR count). The van der Waals surface area contributed by atoms with Gasteiger partial charge in [0.05, 0.1) is 6.54 Å². The van der Waals surface area contributed by atoms with Crippen LogP contribution in [-0.2, 0) is 6.54 Å². The van der Waals surface area contributed by atoms with E-state index >= 15 is 0 Å². The van der Waals surface area contributed by atoms with E-state index in [-0.39, 0.29) is 0 Å². The summed E-state index contributed by atoms with van der Waals surface area (Å²) in [5.74, 6) is 1.47. The zero-order valence-corrected chi connectivity index (χ0v) is 10.2. The molecule has 1 aromatic rings. The molecule has 0 amide bonds. The van der Waals surface area contributed by atoms with Crippen molar-refractivity contribution in [2.45, 2.75) is 45.1 Å². The van der Waals surface area contributed by atoms with Crippen LogP contribution in [0.5, 0.6) is 0 Å². The van der Waals surface area contributed by atoms with Crippen LogP contribution in [0.1, 0.15) is 49.9 Å². The first-order valence-corrected chi connectivity index (χ1v) is 6.30. The summed E-state index contributed by atoms with van der Waals surface area (Å²) in [6.07, 6.45) is 5.10. The third kappa shape index (κ3) is 2.98. The Morgan fingerprint density at radius 1 is 1.47 bits per heavy atom. The van der Waals surface area contributed by atoms with Gasteiger partial charge in [-0.3, -0.25) is 4.98 Å². The van der Waals surface area contributed by atoms with Crippen LogP contribution in [0.3, 0.4) is 0 Å². The second kappa shape index (κ2) is 5.69. The average molecular weight is 230 g/mol. The van der Waals surface area contributed by atoms with Gasteiger partial charge in [0.15, 0.2) is 0 Å². The van der Waals surface area contributed by atoms with Crippen molar-refractivity contribution in [3.05, 3.63) is 40.0 Å². The molecule has 2 atom stereocenters. The second-order valence-corrected chi connectivity index (χ2v) is 4.73. The molecule has 1 saturated carbocycles. The zero-order valence-electron chi connectivity index (χ0n) is 10.2. The van der Waals surface area contributed by atoms with E-state index in [0.717, 1.165) is 11.6 Å². The number of aromatic nitrogens is 1. The van der Waals surface area contributed by atoms with Crippen molar-refractivity contribution < 1.29 is 0 Å². The van der Waals surface area contributed by atoms with Crippen LogP contribution in [0.2, 0.25) is 0 Å². The third-order valence-electron chi connectivity index (χ3n) is 3.66. The number of nitrogens with zero attached hydrogens (tertiary/aromatic N) is 4. The molecule has 0 aliphatic heterocycles. The van der Waals surface area contributed by atoms with Gasteiger partial charge in [0.2, 0.25) is 0 Å². The summed E-state index contributed by atoms with van der Waals surface area (Å²) >= 11 is 0. The summed E-state index contributed by atoms with van der Waals surface area (Å²) in [5, 5.41) is 3.56. The van der Waals surface area contributed by atoms with Gasteiger partial charge in [0.1, 0.15) is 0 Å². The minimum atomic E-state index is 0.355. The van der Waals surface area contributed by atoms with Gasteiger partial charge in [-0.25, -0.2) is 0 Å². The number of hydrogen-bond acceptors (Lipinski definition) is 2. The minimum Gasteiger partial charge on any atom is -0.257 e. The summed E-state index contributed by atoms with van der Waals surface area (Å²) in [7, 11) is 0. The molecule has 0 saturated heterocycles. The van der Waals surface area contributed by atoms with Crippen LogP contribution >= 0.6 is 0 Å². The third-order valence-corrected chi connectivity index (χ3v) is 3.66. The molecule has 1 fully saturated rings. The molecule has 4 nitrogen and oxygen atoms in total. The first kappa shape index (κ1) is 11.9. The molecule has 1 heterocycles. The maximum Gasteiger partial charge on any atom is 0.0684 e. The number of pyridine rings is 1. The van der Waals surface area contributed by atoms with Gasteiger partial charge in [-0.15, -0.1) is 0 Å². The Morgan fingerprint density at radius 3 is 3.06 bits per heavy atom. The molecule has 1 aliphatic rings. The van der Waals surface area contributed by atoms with E-state index in [9.17, 15) is 0 Å². The maximum absolute atomic E-state index is 8.31. The zero-order chi connectivity index (χ0) is 12.1. The highest BCUT2D eigenvalue weighted by atomic mass is 15.1. The van der Waals surface area contributed by atoms with E-state index in [1.807, 2.05) is 12.1 Å². The second-order valence-electron chi connectivity index (χ2n) is 4.73. The van der Waals surface area contributed by atoms with E-state index in [1.165, 1.54) is 31.4 Å². The molecule has 1 aliphatic carbocycles. The van der Waals surface area contributed by atoms with E-state index in [4.69, 9.17) is 5.53 Å². The first-order valence-electron chi connectivity index (χ1n) is 6.30. The van der Waals surface area contributed by atoms with Gasteiger partial charge >= 0.3 is 0 Å². The lowest BCUT2D eigenvalue weighted by atomic mass is 9.99. The van der Waals surface area contributed by atoms with Gasteiger partial charge in [0.25, 0.3) is 0 Å². The Hall–Kier alpha value is -1.54. The normalized spacial score (nSPS) is 23.4. The lowest BCUT2D eigenvalue weighted by Crippen LogP contribution is -2.00. The number of rotatable bonds is 4. The SMILES string of the molecule is CCC1CCC(c2cccc(CN=[N+]=[N-])n2)C1. The Kier molecular flexibility index (Phi) is 3.99. The molecule has 0 radical (unpaired) electrons. The molecule has 0 bridgehead atoms. The highest BCUT2D eigenvalue weighted by Gasteiger charge is 2.25. The molecule has 4 heteroatoms. The van der Waals surface area contributed by atoms with Gasteiger partial charge < -0.3 is 0 Å². The van der Waals surface area contributed by atoms with Crippen molar-refractivity contribution in [2.75, 3.05) is 0 Å². The fourth-order valence-electron chi connectivity index (χ4n) is 2.63. The largest absolute Gasteiger partial charge is 0.257 e. The fourth-order valence-corrected chi connectivity index (χ4v) is 2.63. The molecular weight excluding hydrogens is 212 g/mol. The quantitative estimate of drug-likeness (QED) is 0.434. The molecule has 1 aromatic heterocycles. The molecule has 2 unspecified atom stereocenters. The van der Waals surface area contributed by atoms with Crippen LogP contribution in [-0.4, -0.2) is 4.98 Å². The van der Waals surface area contributed by atoms with Crippen molar-refractivity contribution in [3.8, 4) is 0 Å². The van der Waals surface area contributed by atoms with E-state index in [0.29, 0.717) is 12.5 Å². The minimum absolute atomic E-state index is 0.355. The average Bonchev–Trinajstić information content (AvgIpc) is 2.85. The lowest BCUT2D eigenvalue weighted by molar-refractivity contribution is 0.519. The Labute approximate surface area is 102 Å². The van der Waals surface area contributed by atoms with Crippen molar-refractivity contribution in [2.24, 2.45) is 11.0 Å². The maximum atomic E-state index is 8.31. The summed E-state index contributed by atoms with van der Waals surface area (Å²) in [6.45, 7) is 2.62. The fraction of sp³-hybridized carbons (Fsp3) is 0.615. The predicted octanol–water partition coefficient (Wildman–Crippen LogP) is 4.19. The predicted molar refractivity (Wildman–Crippen MR) is 67.5 cm³/mol. The van der Waals surface area contributed by atoms with E-state index < -0.39 is 0 Å². The van der Waals surface area contributed by atoms with Crippen LogP contribution in [0.15, 0.2) is 23.3 Å². The highest BCUT2D eigenvalue weighted by molar-refractivity contribution is 5.16. The number of hydrogen-bond donors (Lipinski definition) is 0. The van der Waals surface area contributed by atoms with Crippen LogP contribution < -0.4 is 0 Å². The van der Waals surface area contributed by atoms with E-state index in [1.54, 1.807) is 0 Å². The summed E-state index contributed by atoms with van der Waals surface area (Å²) in [4.78, 5) is 7.36. The van der Waals surface area contributed by atoms with E-state index in [2.05, 4.69) is 28.0 Å². The van der Waals surface area contributed by atoms with Gasteiger partial charge in [-0.2, -0.15) is 0 Å². The topological polar surface area (TPSA) is 61.7 Å². The first-order chi connectivity index (χ1) is 8.33. The van der Waals surface area contributed by atoms with Gasteiger partial charge in [0, 0.05) is 22.2 Å². The smallest absolute Gasteiger partial charge is 0.0684 e. The molecule has 90 valence electrons. The summed E-state index contributed by atoms with van der Waals surface area (Å²) in [5.41, 5.74) is 10.4. The van der Waals surface area contributed by atoms with Crippen molar-refractivity contribution in [1.29, 1.82) is 0 Å². The Balaban J connectivity index is 2.08. The highest BCUT2D eigenvalue weighted by Crippen LogP contribution is 2.38. The van der Waals surface area contributed by atoms with Crippen LogP contribution in [0, 0.1) is 5.92 Å². The molecular formula is C13H18N4. The van der Waals surface area contributed by atoms with Gasteiger partial charge in [-0.1, -0.05) is 24.5 Å².